The molecule has 0 unspecified atom stereocenters. The number of nitrogens with zero attached hydrogens (tertiary/aromatic N) is 2. The number of amides is 1. The molecule has 0 spiro atoms. The van der Waals surface area contributed by atoms with Gasteiger partial charge in [0, 0.05) is 0 Å². The molecule has 1 aromatic carbocycles. The van der Waals surface area contributed by atoms with E-state index in [0.717, 1.165) is 0 Å². The summed E-state index contributed by atoms with van der Waals surface area (Å²) in [5, 5.41) is 3.36. The van der Waals surface area contributed by atoms with Gasteiger partial charge in [-0.05, 0) is 17.7 Å². The number of benzene rings is 1. The van der Waals surface area contributed by atoms with Crippen molar-refractivity contribution in [3.8, 4) is 0 Å². The Morgan fingerprint density at radius 1 is 1.32 bits per heavy atom. The molecule has 2 rings (SSSR count). The van der Waals surface area contributed by atoms with E-state index in [4.69, 9.17) is 40.5 Å². The molecule has 0 fully saturated rings. The van der Waals surface area contributed by atoms with E-state index >= 15 is 0 Å². The minimum absolute atomic E-state index is 0.0357. The van der Waals surface area contributed by atoms with E-state index < -0.39 is 11.7 Å². The Morgan fingerprint density at radius 2 is 2.05 bits per heavy atom. The zero-order valence-corrected chi connectivity index (χ0v) is 13.0. The van der Waals surface area contributed by atoms with Crippen LogP contribution < -0.4 is 11.2 Å². The van der Waals surface area contributed by atoms with Crippen molar-refractivity contribution in [1.29, 1.82) is 0 Å². The van der Waals surface area contributed by atoms with Gasteiger partial charge in [-0.2, -0.15) is 5.10 Å². The first kappa shape index (κ1) is 16.5. The molecule has 22 heavy (non-hydrogen) atoms. The molecule has 0 aliphatic heterocycles. The van der Waals surface area contributed by atoms with Crippen LogP contribution in [0.1, 0.15) is 16.1 Å². The first-order valence-electron chi connectivity index (χ1n) is 5.79. The molecule has 2 aromatic rings. The van der Waals surface area contributed by atoms with E-state index in [1.165, 1.54) is 24.4 Å². The third-order valence-corrected chi connectivity index (χ3v) is 3.65. The number of nitrogen functional groups attached to an aromatic ring is 1. The van der Waals surface area contributed by atoms with Gasteiger partial charge >= 0.3 is 0 Å². The molecule has 0 saturated carbocycles. The van der Waals surface area contributed by atoms with Gasteiger partial charge in [-0.25, -0.2) is 14.8 Å². The zero-order chi connectivity index (χ0) is 16.3. The van der Waals surface area contributed by atoms with Crippen molar-refractivity contribution in [2.75, 3.05) is 5.73 Å². The maximum absolute atomic E-state index is 13.0. The predicted molar refractivity (Wildman–Crippen MR) is 85.1 cm³/mol. The zero-order valence-electron chi connectivity index (χ0n) is 10.8. The quantitative estimate of drug-likeness (QED) is 0.498. The van der Waals surface area contributed by atoms with Crippen LogP contribution in [0.15, 0.2) is 29.4 Å². The first-order chi connectivity index (χ1) is 10.4. The van der Waals surface area contributed by atoms with Crippen molar-refractivity contribution in [2.24, 2.45) is 5.10 Å². The lowest BCUT2D eigenvalue weighted by Crippen LogP contribution is -2.20. The molecule has 1 heterocycles. The minimum Gasteiger partial charge on any atom is -0.396 e. The molecule has 1 amide bonds. The van der Waals surface area contributed by atoms with Gasteiger partial charge in [0.2, 0.25) is 0 Å². The topological polar surface area (TPSA) is 80.4 Å². The lowest BCUT2D eigenvalue weighted by molar-refractivity contribution is 0.0950. The number of carbonyl (C=O) groups is 1. The van der Waals surface area contributed by atoms with Gasteiger partial charge in [0.15, 0.2) is 10.8 Å². The van der Waals surface area contributed by atoms with Crippen molar-refractivity contribution in [3.63, 3.8) is 0 Å². The van der Waals surface area contributed by atoms with Crippen molar-refractivity contribution in [1.82, 2.24) is 10.4 Å². The molecule has 0 bridgehead atoms. The van der Waals surface area contributed by atoms with Gasteiger partial charge < -0.3 is 5.73 Å². The number of hydrogen-bond donors (Lipinski definition) is 2. The molecule has 114 valence electrons. The Labute approximate surface area is 139 Å². The Kier molecular flexibility index (Phi) is 5.18. The Bertz CT molecular complexity index is 767. The smallest absolute Gasteiger partial charge is 0.291 e. The highest BCUT2D eigenvalue weighted by Gasteiger charge is 2.19. The summed E-state index contributed by atoms with van der Waals surface area (Å²) in [7, 11) is 0. The van der Waals surface area contributed by atoms with Crippen LogP contribution in [0.2, 0.25) is 15.2 Å². The van der Waals surface area contributed by atoms with Gasteiger partial charge in [0.1, 0.15) is 10.8 Å². The highest BCUT2D eigenvalue weighted by atomic mass is 35.5. The SMILES string of the molecule is Nc1c(Cl)c(Cl)nc(C(=O)N/N=C\c2cccc(F)c2)c1Cl. The average Bonchev–Trinajstić information content (AvgIpc) is 2.48. The number of rotatable bonds is 3. The minimum atomic E-state index is -0.733. The summed E-state index contributed by atoms with van der Waals surface area (Å²) in [6.07, 6.45) is 1.26. The summed E-state index contributed by atoms with van der Waals surface area (Å²) >= 11 is 17.4. The molecular formula is C13H8Cl3FN4O. The number of hydrogen-bond acceptors (Lipinski definition) is 4. The normalized spacial score (nSPS) is 10.9. The second-order valence-electron chi connectivity index (χ2n) is 4.05. The third-order valence-electron chi connectivity index (χ3n) is 2.52. The number of nitrogens with one attached hydrogen (secondary N) is 1. The molecular weight excluding hydrogens is 354 g/mol. The van der Waals surface area contributed by atoms with Gasteiger partial charge in [0.25, 0.3) is 5.91 Å². The number of hydrazone groups is 1. The Hall–Kier alpha value is -1.89. The molecule has 0 aliphatic rings. The Balaban J connectivity index is 2.17. The molecule has 3 N–H and O–H groups in total. The summed E-state index contributed by atoms with van der Waals surface area (Å²) in [5.74, 6) is -1.15. The largest absolute Gasteiger partial charge is 0.396 e. The van der Waals surface area contributed by atoms with Crippen LogP contribution in [0.4, 0.5) is 10.1 Å². The van der Waals surface area contributed by atoms with Crippen molar-refractivity contribution in [3.05, 3.63) is 56.5 Å². The van der Waals surface area contributed by atoms with Crippen LogP contribution in [0.5, 0.6) is 0 Å². The Morgan fingerprint density at radius 3 is 2.73 bits per heavy atom. The van der Waals surface area contributed by atoms with E-state index in [2.05, 4.69) is 15.5 Å². The first-order valence-corrected chi connectivity index (χ1v) is 6.92. The molecule has 0 saturated heterocycles. The maximum Gasteiger partial charge on any atom is 0.291 e. The van der Waals surface area contributed by atoms with Gasteiger partial charge in [0.05, 0.1) is 16.9 Å². The molecule has 0 aliphatic carbocycles. The van der Waals surface area contributed by atoms with Gasteiger partial charge in [-0.3, -0.25) is 4.79 Å². The van der Waals surface area contributed by atoms with Crippen LogP contribution >= 0.6 is 34.8 Å². The number of nitrogens with two attached hydrogens (primary N) is 1. The fourth-order valence-electron chi connectivity index (χ4n) is 1.49. The van der Waals surface area contributed by atoms with Crippen molar-refractivity contribution >= 4 is 52.6 Å². The number of aromatic nitrogens is 1. The summed E-state index contributed by atoms with van der Waals surface area (Å²) in [6.45, 7) is 0. The van der Waals surface area contributed by atoms with Crippen LogP contribution in [0.25, 0.3) is 0 Å². The molecule has 1 aromatic heterocycles. The van der Waals surface area contributed by atoms with Gasteiger partial charge in [-0.15, -0.1) is 0 Å². The second-order valence-corrected chi connectivity index (χ2v) is 5.16. The number of anilines is 1. The monoisotopic (exact) mass is 360 g/mol. The molecule has 5 nitrogen and oxygen atoms in total. The van der Waals surface area contributed by atoms with Gasteiger partial charge in [-0.1, -0.05) is 46.9 Å². The molecule has 0 radical (unpaired) electrons. The van der Waals surface area contributed by atoms with E-state index in [1.54, 1.807) is 6.07 Å². The van der Waals surface area contributed by atoms with E-state index in [0.29, 0.717) is 5.56 Å². The summed E-state index contributed by atoms with van der Waals surface area (Å²) < 4.78 is 13.0. The standard InChI is InChI=1S/C13H8Cl3FN4O/c14-8-10(18)9(15)12(16)20-11(8)13(22)21-19-5-6-2-1-3-7(17)4-6/h1-5H,(H2,18,20)(H,21,22)/b19-5-. The fraction of sp³-hybridized carbons (Fsp3) is 0. The molecule has 0 atom stereocenters. The van der Waals surface area contributed by atoms with E-state index in [1.807, 2.05) is 0 Å². The summed E-state index contributed by atoms with van der Waals surface area (Å²) in [4.78, 5) is 15.7. The van der Waals surface area contributed by atoms with Crippen LogP contribution in [0.3, 0.4) is 0 Å². The summed E-state index contributed by atoms with van der Waals surface area (Å²) in [5.41, 5.74) is 7.99. The maximum atomic E-state index is 13.0. The van der Waals surface area contributed by atoms with Crippen LogP contribution in [0, 0.1) is 5.82 Å². The van der Waals surface area contributed by atoms with E-state index in [9.17, 15) is 9.18 Å². The fourth-order valence-corrected chi connectivity index (χ4v) is 2.08. The molecule has 9 heteroatoms. The van der Waals surface area contributed by atoms with Crippen molar-refractivity contribution < 1.29 is 9.18 Å². The highest BCUT2D eigenvalue weighted by Crippen LogP contribution is 2.34. The second kappa shape index (κ2) is 6.91. The third kappa shape index (κ3) is 3.65. The number of pyridine rings is 1. The predicted octanol–water partition coefficient (Wildman–Crippen LogP) is 3.53. The number of halogens is 4. The van der Waals surface area contributed by atoms with Crippen LogP contribution in [-0.2, 0) is 0 Å². The van der Waals surface area contributed by atoms with E-state index in [-0.39, 0.29) is 26.6 Å². The lowest BCUT2D eigenvalue weighted by atomic mass is 10.2. The van der Waals surface area contributed by atoms with Crippen LogP contribution in [-0.4, -0.2) is 17.1 Å². The lowest BCUT2D eigenvalue weighted by Gasteiger charge is -2.07. The summed E-state index contributed by atoms with van der Waals surface area (Å²) in [6, 6.07) is 5.66. The highest BCUT2D eigenvalue weighted by molar-refractivity contribution is 6.46. The van der Waals surface area contributed by atoms with Crippen molar-refractivity contribution in [2.45, 2.75) is 0 Å². The number of carbonyl (C=O) groups excluding carboxylic acids is 1. The average molecular weight is 362 g/mol.